The normalized spacial score (nSPS) is 17.0. The van der Waals surface area contributed by atoms with E-state index in [2.05, 4.69) is 15.8 Å². The summed E-state index contributed by atoms with van der Waals surface area (Å²) in [6, 6.07) is 12.5. The van der Waals surface area contributed by atoms with E-state index in [1.54, 1.807) is 36.4 Å². The fourth-order valence-electron chi connectivity index (χ4n) is 2.39. The minimum absolute atomic E-state index is 0.0489. The lowest BCUT2D eigenvalue weighted by atomic mass is 10.1. The molecule has 1 aliphatic heterocycles. The highest BCUT2D eigenvalue weighted by molar-refractivity contribution is 7.80. The lowest BCUT2D eigenvalue weighted by molar-refractivity contribution is -0.130. The van der Waals surface area contributed by atoms with Gasteiger partial charge in [0.25, 0.3) is 11.8 Å². The van der Waals surface area contributed by atoms with Gasteiger partial charge in [0.1, 0.15) is 0 Å². The number of amides is 3. The van der Waals surface area contributed by atoms with Gasteiger partial charge >= 0.3 is 0 Å². The van der Waals surface area contributed by atoms with Crippen LogP contribution in [0.2, 0.25) is 10.0 Å². The Morgan fingerprint density at radius 2 is 1.64 bits per heavy atom. The van der Waals surface area contributed by atoms with Crippen LogP contribution in [0.4, 0.5) is 5.69 Å². The summed E-state index contributed by atoms with van der Waals surface area (Å²) in [6.45, 7) is 0. The minimum Gasteiger partial charge on any atom is -0.301 e. The number of anilines is 1. The molecule has 3 rings (SSSR count). The van der Waals surface area contributed by atoms with E-state index in [1.807, 2.05) is 0 Å². The average Bonchev–Trinajstić information content (AvgIpc) is 2.66. The van der Waals surface area contributed by atoms with Gasteiger partial charge in [-0.2, -0.15) is 5.10 Å². The molecule has 1 aliphatic rings. The molecule has 0 saturated carbocycles. The lowest BCUT2D eigenvalue weighted by Gasteiger charge is -2.30. The summed E-state index contributed by atoms with van der Waals surface area (Å²) in [4.78, 5) is 38.1. The van der Waals surface area contributed by atoms with E-state index < -0.39 is 23.6 Å². The SMILES string of the molecule is O=C(N/N=C\[C@H]1C(=O)NC(=S)N(c2ccc(Cl)cc2)C1=O)c1ccc(Cl)cc1. The van der Waals surface area contributed by atoms with Gasteiger partial charge in [0.2, 0.25) is 5.91 Å². The highest BCUT2D eigenvalue weighted by atomic mass is 35.5. The molecule has 1 saturated heterocycles. The number of nitrogens with one attached hydrogen (secondary N) is 2. The summed E-state index contributed by atoms with van der Waals surface area (Å²) >= 11 is 16.7. The van der Waals surface area contributed by atoms with Crippen molar-refractivity contribution in [1.29, 1.82) is 0 Å². The molecule has 0 spiro atoms. The topological polar surface area (TPSA) is 90.9 Å². The fraction of sp³-hybridized carbons (Fsp3) is 0.0556. The van der Waals surface area contributed by atoms with Crippen molar-refractivity contribution in [1.82, 2.24) is 10.7 Å². The molecule has 28 heavy (non-hydrogen) atoms. The second-order valence-electron chi connectivity index (χ2n) is 5.65. The molecule has 2 aromatic carbocycles. The van der Waals surface area contributed by atoms with Crippen LogP contribution in [0.5, 0.6) is 0 Å². The van der Waals surface area contributed by atoms with Crippen LogP contribution in [-0.4, -0.2) is 29.0 Å². The molecule has 142 valence electrons. The smallest absolute Gasteiger partial charge is 0.271 e. The van der Waals surface area contributed by atoms with Crippen LogP contribution in [-0.2, 0) is 9.59 Å². The van der Waals surface area contributed by atoms with Crippen molar-refractivity contribution in [2.24, 2.45) is 11.0 Å². The zero-order valence-electron chi connectivity index (χ0n) is 14.1. The summed E-state index contributed by atoms with van der Waals surface area (Å²) < 4.78 is 0. The van der Waals surface area contributed by atoms with Gasteiger partial charge in [0.05, 0.1) is 5.69 Å². The van der Waals surface area contributed by atoms with Gasteiger partial charge in [0, 0.05) is 21.8 Å². The van der Waals surface area contributed by atoms with Crippen LogP contribution in [0.3, 0.4) is 0 Å². The average molecular weight is 435 g/mol. The van der Waals surface area contributed by atoms with Crippen LogP contribution in [0.1, 0.15) is 10.4 Å². The molecule has 2 N–H and O–H groups in total. The summed E-state index contributed by atoms with van der Waals surface area (Å²) in [6.07, 6.45) is 1.05. The van der Waals surface area contributed by atoms with E-state index >= 15 is 0 Å². The second-order valence-corrected chi connectivity index (χ2v) is 6.91. The van der Waals surface area contributed by atoms with Gasteiger partial charge in [-0.15, -0.1) is 0 Å². The minimum atomic E-state index is -1.26. The Morgan fingerprint density at radius 3 is 2.25 bits per heavy atom. The van der Waals surface area contributed by atoms with Crippen LogP contribution in [0.15, 0.2) is 53.6 Å². The second kappa shape index (κ2) is 8.47. The van der Waals surface area contributed by atoms with E-state index in [1.165, 1.54) is 17.0 Å². The molecular weight excluding hydrogens is 423 g/mol. The van der Waals surface area contributed by atoms with Gasteiger partial charge in [0.15, 0.2) is 11.0 Å². The number of rotatable bonds is 4. The van der Waals surface area contributed by atoms with Gasteiger partial charge in [-0.25, -0.2) is 5.43 Å². The predicted octanol–water partition coefficient (Wildman–Crippen LogP) is 2.77. The van der Waals surface area contributed by atoms with Crippen LogP contribution < -0.4 is 15.6 Å². The Labute approximate surface area is 175 Å². The molecule has 3 amide bonds. The first-order valence-electron chi connectivity index (χ1n) is 7.90. The van der Waals surface area contributed by atoms with Crippen molar-refractivity contribution < 1.29 is 14.4 Å². The molecule has 0 radical (unpaired) electrons. The van der Waals surface area contributed by atoms with E-state index in [-0.39, 0.29) is 5.11 Å². The van der Waals surface area contributed by atoms with Gasteiger partial charge in [-0.3, -0.25) is 19.3 Å². The fourth-order valence-corrected chi connectivity index (χ4v) is 2.94. The van der Waals surface area contributed by atoms with Crippen molar-refractivity contribution >= 4 is 70.2 Å². The standard InChI is InChI=1S/C18H12Cl2N4O3S/c19-11-3-1-10(2-4-11)15(25)23-21-9-14-16(26)22-18(28)24(17(14)27)13-7-5-12(20)6-8-13/h1-9,14H,(H,23,25)(H,22,26,28)/b21-9-/t14-/m0/s1. The molecule has 0 bridgehead atoms. The molecule has 10 heteroatoms. The van der Waals surface area contributed by atoms with Crippen LogP contribution >= 0.6 is 35.4 Å². The number of carbonyl (C=O) groups excluding carboxylic acids is 3. The monoisotopic (exact) mass is 434 g/mol. The Kier molecular flexibility index (Phi) is 6.03. The Balaban J connectivity index is 1.74. The number of halogens is 2. The zero-order valence-corrected chi connectivity index (χ0v) is 16.4. The van der Waals surface area contributed by atoms with Crippen molar-refractivity contribution in [3.8, 4) is 0 Å². The van der Waals surface area contributed by atoms with Crippen molar-refractivity contribution in [3.63, 3.8) is 0 Å². The zero-order chi connectivity index (χ0) is 20.3. The lowest BCUT2D eigenvalue weighted by Crippen LogP contribution is -2.58. The van der Waals surface area contributed by atoms with E-state index in [4.69, 9.17) is 35.4 Å². The first-order valence-corrected chi connectivity index (χ1v) is 9.06. The maximum Gasteiger partial charge on any atom is 0.271 e. The quantitative estimate of drug-likeness (QED) is 0.335. The molecule has 0 aromatic heterocycles. The Bertz CT molecular complexity index is 977. The van der Waals surface area contributed by atoms with Crippen LogP contribution in [0.25, 0.3) is 0 Å². The molecule has 0 aliphatic carbocycles. The number of thiocarbonyl (C=S) groups is 1. The molecule has 7 nitrogen and oxygen atoms in total. The van der Waals surface area contributed by atoms with Gasteiger partial charge in [-0.1, -0.05) is 23.2 Å². The number of hydrazone groups is 1. The molecule has 1 atom stereocenters. The Hall–Kier alpha value is -2.81. The van der Waals surface area contributed by atoms with Gasteiger partial charge < -0.3 is 5.32 Å². The number of hydrogen-bond donors (Lipinski definition) is 2. The van der Waals surface area contributed by atoms with E-state index in [0.717, 1.165) is 6.21 Å². The maximum absolute atomic E-state index is 12.7. The van der Waals surface area contributed by atoms with Crippen LogP contribution in [0, 0.1) is 5.92 Å². The Morgan fingerprint density at radius 1 is 1.07 bits per heavy atom. The maximum atomic E-state index is 12.7. The summed E-state index contributed by atoms with van der Waals surface area (Å²) in [7, 11) is 0. The van der Waals surface area contributed by atoms with Crippen molar-refractivity contribution in [2.45, 2.75) is 0 Å². The summed E-state index contributed by atoms with van der Waals surface area (Å²) in [5.74, 6) is -3.00. The van der Waals surface area contributed by atoms with Crippen molar-refractivity contribution in [2.75, 3.05) is 4.90 Å². The molecule has 0 unspecified atom stereocenters. The van der Waals surface area contributed by atoms with Crippen molar-refractivity contribution in [3.05, 3.63) is 64.1 Å². The first kappa shape index (κ1) is 19.9. The molecule has 1 heterocycles. The third-order valence-electron chi connectivity index (χ3n) is 3.78. The largest absolute Gasteiger partial charge is 0.301 e. The highest BCUT2D eigenvalue weighted by Crippen LogP contribution is 2.22. The summed E-state index contributed by atoms with van der Waals surface area (Å²) in [5, 5.41) is 7.11. The third kappa shape index (κ3) is 4.36. The van der Waals surface area contributed by atoms with E-state index in [0.29, 0.717) is 21.3 Å². The molecular formula is C18H12Cl2N4O3S. The highest BCUT2D eigenvalue weighted by Gasteiger charge is 2.38. The predicted molar refractivity (Wildman–Crippen MR) is 111 cm³/mol. The number of carbonyl (C=O) groups is 3. The number of nitrogens with zero attached hydrogens (tertiary/aromatic N) is 2. The van der Waals surface area contributed by atoms with Gasteiger partial charge in [-0.05, 0) is 60.7 Å². The molecule has 2 aromatic rings. The van der Waals surface area contributed by atoms with E-state index in [9.17, 15) is 14.4 Å². The summed E-state index contributed by atoms with van der Waals surface area (Å²) in [5.41, 5.74) is 3.04. The molecule has 1 fully saturated rings. The first-order chi connectivity index (χ1) is 13.4. The number of benzene rings is 2. The third-order valence-corrected chi connectivity index (χ3v) is 4.57. The number of hydrogen-bond acceptors (Lipinski definition) is 5.